The number of ketones is 1. The molecule has 0 radical (unpaired) electrons. The molecule has 0 spiro atoms. The van der Waals surface area contributed by atoms with Crippen LogP contribution in [0.1, 0.15) is 22.3 Å². The number of fused-ring (bicyclic) bond motifs is 1. The maximum absolute atomic E-state index is 12.0. The molecular formula is C13H10O2. The van der Waals surface area contributed by atoms with Crippen LogP contribution in [0.3, 0.4) is 0 Å². The molecule has 0 N–H and O–H groups in total. The van der Waals surface area contributed by atoms with Gasteiger partial charge in [0.05, 0.1) is 6.26 Å². The predicted octanol–water partition coefficient (Wildman–Crippen LogP) is 2.61. The minimum atomic E-state index is 0.0243. The third-order valence-corrected chi connectivity index (χ3v) is 2.84. The SMILES string of the molecule is O=C1C2=C(CC=CO2)Cc2ccccc21. The Kier molecular flexibility index (Phi) is 1.75. The van der Waals surface area contributed by atoms with E-state index >= 15 is 0 Å². The summed E-state index contributed by atoms with van der Waals surface area (Å²) in [5.74, 6) is 0.562. The van der Waals surface area contributed by atoms with Crippen molar-refractivity contribution in [2.24, 2.45) is 0 Å². The van der Waals surface area contributed by atoms with Gasteiger partial charge in [0, 0.05) is 5.56 Å². The highest BCUT2D eigenvalue weighted by atomic mass is 16.5. The summed E-state index contributed by atoms with van der Waals surface area (Å²) in [5.41, 5.74) is 2.99. The van der Waals surface area contributed by atoms with Crippen LogP contribution in [-0.2, 0) is 11.2 Å². The van der Waals surface area contributed by atoms with Crippen molar-refractivity contribution in [2.75, 3.05) is 0 Å². The van der Waals surface area contributed by atoms with Crippen molar-refractivity contribution in [3.63, 3.8) is 0 Å². The molecule has 0 aromatic heterocycles. The molecule has 74 valence electrons. The van der Waals surface area contributed by atoms with Crippen molar-refractivity contribution in [1.29, 1.82) is 0 Å². The van der Waals surface area contributed by atoms with Gasteiger partial charge in [-0.2, -0.15) is 0 Å². The number of benzene rings is 1. The monoisotopic (exact) mass is 198 g/mol. The van der Waals surface area contributed by atoms with E-state index in [1.165, 1.54) is 0 Å². The average Bonchev–Trinajstić information content (AvgIpc) is 2.30. The molecule has 2 heteroatoms. The first-order valence-corrected chi connectivity index (χ1v) is 5.02. The van der Waals surface area contributed by atoms with Crippen LogP contribution < -0.4 is 0 Å². The first-order valence-electron chi connectivity index (χ1n) is 5.02. The van der Waals surface area contributed by atoms with Gasteiger partial charge in [0.25, 0.3) is 0 Å². The number of rotatable bonds is 0. The maximum atomic E-state index is 12.0. The Balaban J connectivity index is 2.12. The number of Topliss-reactive ketones (excluding diaryl/α,β-unsaturated/α-hetero) is 1. The molecular weight excluding hydrogens is 188 g/mol. The van der Waals surface area contributed by atoms with Crippen molar-refractivity contribution >= 4 is 5.78 Å². The normalized spacial score (nSPS) is 18.3. The molecule has 15 heavy (non-hydrogen) atoms. The highest BCUT2D eigenvalue weighted by Crippen LogP contribution is 2.30. The average molecular weight is 198 g/mol. The van der Waals surface area contributed by atoms with E-state index in [0.717, 1.165) is 29.5 Å². The number of carbonyl (C=O) groups is 1. The molecule has 0 amide bonds. The standard InChI is InChI=1S/C13H10O2/c14-12-11-6-2-1-4-9(11)8-10-5-3-7-15-13(10)12/h1-4,6-7H,5,8H2. The largest absolute Gasteiger partial charge is 0.461 e. The summed E-state index contributed by atoms with van der Waals surface area (Å²) in [6, 6.07) is 7.73. The van der Waals surface area contributed by atoms with Crippen LogP contribution >= 0.6 is 0 Å². The molecule has 1 aliphatic carbocycles. The minimum absolute atomic E-state index is 0.0243. The lowest BCUT2D eigenvalue weighted by Gasteiger charge is -2.22. The van der Waals surface area contributed by atoms with Crippen molar-refractivity contribution in [3.8, 4) is 0 Å². The summed E-state index contributed by atoms with van der Waals surface area (Å²) < 4.78 is 5.30. The number of hydrogen-bond donors (Lipinski definition) is 0. The molecule has 0 saturated heterocycles. The van der Waals surface area contributed by atoms with Gasteiger partial charge in [0.2, 0.25) is 5.78 Å². The van der Waals surface area contributed by atoms with E-state index in [0.29, 0.717) is 5.76 Å². The van der Waals surface area contributed by atoms with Gasteiger partial charge in [-0.05, 0) is 30.1 Å². The zero-order valence-corrected chi connectivity index (χ0v) is 8.19. The van der Waals surface area contributed by atoms with Gasteiger partial charge < -0.3 is 4.74 Å². The molecule has 0 atom stereocenters. The van der Waals surface area contributed by atoms with Crippen LogP contribution in [0.2, 0.25) is 0 Å². The number of hydrogen-bond acceptors (Lipinski definition) is 2. The number of allylic oxidation sites excluding steroid dienone is 3. The second kappa shape index (κ2) is 3.09. The van der Waals surface area contributed by atoms with Crippen LogP contribution in [0.5, 0.6) is 0 Å². The van der Waals surface area contributed by atoms with Crippen LogP contribution in [0, 0.1) is 0 Å². The van der Waals surface area contributed by atoms with Crippen molar-refractivity contribution < 1.29 is 9.53 Å². The highest BCUT2D eigenvalue weighted by molar-refractivity contribution is 6.10. The Labute approximate surface area is 87.9 Å². The smallest absolute Gasteiger partial charge is 0.228 e. The molecule has 2 nitrogen and oxygen atoms in total. The van der Waals surface area contributed by atoms with Gasteiger partial charge in [-0.1, -0.05) is 24.3 Å². The van der Waals surface area contributed by atoms with Crippen LogP contribution in [0.4, 0.5) is 0 Å². The fraction of sp³-hybridized carbons (Fsp3) is 0.154. The molecule has 1 aromatic carbocycles. The maximum Gasteiger partial charge on any atom is 0.228 e. The zero-order valence-electron chi connectivity index (χ0n) is 8.19. The van der Waals surface area contributed by atoms with E-state index in [9.17, 15) is 4.79 Å². The van der Waals surface area contributed by atoms with E-state index in [1.54, 1.807) is 6.26 Å². The van der Waals surface area contributed by atoms with E-state index in [1.807, 2.05) is 30.3 Å². The molecule has 3 rings (SSSR count). The lowest BCUT2D eigenvalue weighted by molar-refractivity contribution is 0.0958. The van der Waals surface area contributed by atoms with E-state index < -0.39 is 0 Å². The Hall–Kier alpha value is -1.83. The molecule has 0 fully saturated rings. The molecule has 1 aromatic rings. The van der Waals surface area contributed by atoms with E-state index in [-0.39, 0.29) is 5.78 Å². The highest BCUT2D eigenvalue weighted by Gasteiger charge is 2.27. The third kappa shape index (κ3) is 1.22. The van der Waals surface area contributed by atoms with E-state index in [4.69, 9.17) is 4.74 Å². The number of carbonyl (C=O) groups excluding carboxylic acids is 1. The first kappa shape index (κ1) is 8.48. The van der Waals surface area contributed by atoms with Crippen molar-refractivity contribution in [2.45, 2.75) is 12.8 Å². The predicted molar refractivity (Wildman–Crippen MR) is 56.3 cm³/mol. The first-order chi connectivity index (χ1) is 7.36. The Morgan fingerprint density at radius 2 is 2.07 bits per heavy atom. The molecule has 0 bridgehead atoms. The second-order valence-corrected chi connectivity index (χ2v) is 3.79. The minimum Gasteiger partial charge on any atom is -0.461 e. The fourth-order valence-electron chi connectivity index (χ4n) is 2.10. The summed E-state index contributed by atoms with van der Waals surface area (Å²) >= 11 is 0. The Bertz CT molecular complexity index is 495. The second-order valence-electron chi connectivity index (χ2n) is 3.79. The topological polar surface area (TPSA) is 26.3 Å². The third-order valence-electron chi connectivity index (χ3n) is 2.84. The molecule has 1 heterocycles. The fourth-order valence-corrected chi connectivity index (χ4v) is 2.10. The molecule has 1 aliphatic heterocycles. The van der Waals surface area contributed by atoms with Crippen LogP contribution in [0.25, 0.3) is 0 Å². The molecule has 0 unspecified atom stereocenters. The summed E-state index contributed by atoms with van der Waals surface area (Å²) in [7, 11) is 0. The summed E-state index contributed by atoms with van der Waals surface area (Å²) in [6.45, 7) is 0. The van der Waals surface area contributed by atoms with Crippen LogP contribution in [0.15, 0.2) is 47.9 Å². The van der Waals surface area contributed by atoms with Gasteiger partial charge in [0.1, 0.15) is 0 Å². The summed E-state index contributed by atoms with van der Waals surface area (Å²) in [5, 5.41) is 0. The van der Waals surface area contributed by atoms with Gasteiger partial charge >= 0.3 is 0 Å². The Morgan fingerprint density at radius 1 is 1.20 bits per heavy atom. The van der Waals surface area contributed by atoms with Crippen molar-refractivity contribution in [3.05, 3.63) is 59.1 Å². The molecule has 0 saturated carbocycles. The van der Waals surface area contributed by atoms with E-state index in [2.05, 4.69) is 0 Å². The van der Waals surface area contributed by atoms with Crippen LogP contribution in [-0.4, -0.2) is 5.78 Å². The summed E-state index contributed by atoms with van der Waals surface area (Å²) in [4.78, 5) is 12.0. The van der Waals surface area contributed by atoms with Gasteiger partial charge in [0.15, 0.2) is 5.76 Å². The summed E-state index contributed by atoms with van der Waals surface area (Å²) in [6.07, 6.45) is 5.21. The lowest BCUT2D eigenvalue weighted by atomic mass is 9.87. The Morgan fingerprint density at radius 3 is 3.00 bits per heavy atom. The van der Waals surface area contributed by atoms with Gasteiger partial charge in [-0.3, -0.25) is 4.79 Å². The number of ether oxygens (including phenoxy) is 1. The van der Waals surface area contributed by atoms with Crippen molar-refractivity contribution in [1.82, 2.24) is 0 Å². The van der Waals surface area contributed by atoms with Gasteiger partial charge in [-0.25, -0.2) is 0 Å². The van der Waals surface area contributed by atoms with Gasteiger partial charge in [-0.15, -0.1) is 0 Å². The lowest BCUT2D eigenvalue weighted by Crippen LogP contribution is -2.18. The molecule has 2 aliphatic rings. The quantitative estimate of drug-likeness (QED) is 0.640. The zero-order chi connectivity index (χ0) is 10.3.